The maximum absolute atomic E-state index is 11.8. The number of ether oxygens (including phenoxy) is 1. The van der Waals surface area contributed by atoms with E-state index in [4.69, 9.17) is 10.5 Å². The molecule has 3 N–H and O–H groups in total. The van der Waals surface area contributed by atoms with Crippen molar-refractivity contribution in [1.82, 2.24) is 10.2 Å². The maximum atomic E-state index is 11.8. The summed E-state index contributed by atoms with van der Waals surface area (Å²) in [5.74, 6) is 0.247. The van der Waals surface area contributed by atoms with Crippen LogP contribution < -0.4 is 11.1 Å². The Morgan fingerprint density at radius 2 is 2.17 bits per heavy atom. The van der Waals surface area contributed by atoms with Crippen molar-refractivity contribution in [2.24, 2.45) is 11.7 Å². The Bertz CT molecular complexity index is 292. The minimum Gasteiger partial charge on any atom is -0.383 e. The highest BCUT2D eigenvalue weighted by Crippen LogP contribution is 2.32. The zero-order valence-corrected chi connectivity index (χ0v) is 11.1. The lowest BCUT2D eigenvalue weighted by atomic mass is 10.1. The van der Waals surface area contributed by atoms with Crippen molar-refractivity contribution < 1.29 is 14.3 Å². The molecule has 0 bridgehead atoms. The number of methoxy groups -OCH3 is 1. The first-order valence-corrected chi connectivity index (χ1v) is 6.29. The van der Waals surface area contributed by atoms with Crippen molar-refractivity contribution in [1.29, 1.82) is 0 Å². The predicted octanol–water partition coefficient (Wildman–Crippen LogP) is -0.665. The van der Waals surface area contributed by atoms with Crippen LogP contribution in [0.4, 0.5) is 0 Å². The van der Waals surface area contributed by atoms with Crippen LogP contribution in [0.2, 0.25) is 0 Å². The molecule has 0 heterocycles. The molecule has 1 rings (SSSR count). The summed E-state index contributed by atoms with van der Waals surface area (Å²) >= 11 is 0. The number of likely N-dealkylation sites (N-methyl/N-ethyl adjacent to an activating group) is 1. The van der Waals surface area contributed by atoms with E-state index >= 15 is 0 Å². The van der Waals surface area contributed by atoms with Gasteiger partial charge in [0.1, 0.15) is 0 Å². The molecular weight excluding hydrogens is 234 g/mol. The molecule has 1 aliphatic rings. The van der Waals surface area contributed by atoms with Crippen LogP contribution >= 0.6 is 0 Å². The van der Waals surface area contributed by atoms with Gasteiger partial charge in [0.15, 0.2) is 0 Å². The maximum Gasteiger partial charge on any atom is 0.239 e. The molecule has 1 saturated carbocycles. The minimum atomic E-state index is -0.178. The SMILES string of the molecule is COCCNC(=O)CN(C)C(=O)CC(N)C1CC1. The predicted molar refractivity (Wildman–Crippen MR) is 67.8 cm³/mol. The zero-order valence-electron chi connectivity index (χ0n) is 11.1. The van der Waals surface area contributed by atoms with Crippen LogP contribution in [-0.2, 0) is 14.3 Å². The standard InChI is InChI=1S/C12H23N3O3/c1-15(8-11(16)14-5-6-18-2)12(17)7-10(13)9-3-4-9/h9-10H,3-8,13H2,1-2H3,(H,14,16). The van der Waals surface area contributed by atoms with Crippen LogP contribution in [0.3, 0.4) is 0 Å². The molecule has 0 aromatic carbocycles. The lowest BCUT2D eigenvalue weighted by molar-refractivity contribution is -0.135. The second-order valence-corrected chi connectivity index (χ2v) is 4.80. The van der Waals surface area contributed by atoms with Gasteiger partial charge in [0, 0.05) is 33.2 Å². The van der Waals surface area contributed by atoms with Crippen LogP contribution in [0.1, 0.15) is 19.3 Å². The number of amides is 2. The quantitative estimate of drug-likeness (QED) is 0.565. The normalized spacial score (nSPS) is 16.2. The van der Waals surface area contributed by atoms with Gasteiger partial charge in [-0.2, -0.15) is 0 Å². The Kier molecular flexibility index (Phi) is 6.07. The van der Waals surface area contributed by atoms with E-state index in [-0.39, 0.29) is 24.4 Å². The summed E-state index contributed by atoms with van der Waals surface area (Å²) in [7, 11) is 3.19. The van der Waals surface area contributed by atoms with Gasteiger partial charge in [-0.3, -0.25) is 9.59 Å². The molecular formula is C12H23N3O3. The van der Waals surface area contributed by atoms with E-state index in [2.05, 4.69) is 5.32 Å². The highest BCUT2D eigenvalue weighted by Gasteiger charge is 2.30. The summed E-state index contributed by atoms with van der Waals surface area (Å²) in [6, 6.07) is -0.0588. The first-order valence-electron chi connectivity index (χ1n) is 6.29. The minimum absolute atomic E-state index is 0.0588. The van der Waals surface area contributed by atoms with E-state index < -0.39 is 0 Å². The number of carbonyl (C=O) groups is 2. The van der Waals surface area contributed by atoms with Crippen molar-refractivity contribution in [3.63, 3.8) is 0 Å². The van der Waals surface area contributed by atoms with Crippen molar-refractivity contribution in [3.8, 4) is 0 Å². The molecule has 0 spiro atoms. The van der Waals surface area contributed by atoms with E-state index in [1.165, 1.54) is 4.90 Å². The van der Waals surface area contributed by atoms with Crippen LogP contribution in [0.15, 0.2) is 0 Å². The fourth-order valence-electron chi connectivity index (χ4n) is 1.70. The van der Waals surface area contributed by atoms with E-state index in [0.29, 0.717) is 25.5 Å². The third-order valence-electron chi connectivity index (χ3n) is 3.07. The smallest absolute Gasteiger partial charge is 0.239 e. The zero-order chi connectivity index (χ0) is 13.5. The summed E-state index contributed by atoms with van der Waals surface area (Å²) in [5, 5.41) is 2.67. The molecule has 1 fully saturated rings. The molecule has 18 heavy (non-hydrogen) atoms. The lowest BCUT2D eigenvalue weighted by Crippen LogP contribution is -2.41. The van der Waals surface area contributed by atoms with Crippen molar-refractivity contribution >= 4 is 11.8 Å². The number of hydrogen-bond donors (Lipinski definition) is 2. The molecule has 0 aromatic heterocycles. The largest absolute Gasteiger partial charge is 0.383 e. The van der Waals surface area contributed by atoms with Gasteiger partial charge >= 0.3 is 0 Å². The number of nitrogens with zero attached hydrogens (tertiary/aromatic N) is 1. The number of carbonyl (C=O) groups excluding carboxylic acids is 2. The molecule has 0 radical (unpaired) electrons. The van der Waals surface area contributed by atoms with Crippen molar-refractivity contribution in [2.45, 2.75) is 25.3 Å². The molecule has 0 saturated heterocycles. The Morgan fingerprint density at radius 3 is 2.72 bits per heavy atom. The third kappa shape index (κ3) is 5.46. The van der Waals surface area contributed by atoms with Gasteiger partial charge in [-0.15, -0.1) is 0 Å². The lowest BCUT2D eigenvalue weighted by Gasteiger charge is -2.19. The first kappa shape index (κ1) is 14.9. The average Bonchev–Trinajstić information content (AvgIpc) is 3.12. The van der Waals surface area contributed by atoms with E-state index in [1.54, 1.807) is 14.2 Å². The second kappa shape index (κ2) is 7.33. The van der Waals surface area contributed by atoms with Gasteiger partial charge < -0.3 is 20.7 Å². The Labute approximate surface area is 108 Å². The fraction of sp³-hybridized carbons (Fsp3) is 0.833. The molecule has 0 aromatic rings. The van der Waals surface area contributed by atoms with Crippen molar-refractivity contribution in [3.05, 3.63) is 0 Å². The molecule has 1 atom stereocenters. The van der Waals surface area contributed by atoms with Crippen LogP contribution in [-0.4, -0.2) is 56.6 Å². The first-order chi connectivity index (χ1) is 8.54. The van der Waals surface area contributed by atoms with Gasteiger partial charge in [0.25, 0.3) is 0 Å². The molecule has 0 aliphatic heterocycles. The number of rotatable bonds is 8. The monoisotopic (exact) mass is 257 g/mol. The van der Waals surface area contributed by atoms with Crippen molar-refractivity contribution in [2.75, 3.05) is 33.9 Å². The highest BCUT2D eigenvalue weighted by molar-refractivity contribution is 5.84. The van der Waals surface area contributed by atoms with Crippen LogP contribution in [0.5, 0.6) is 0 Å². The average molecular weight is 257 g/mol. The number of nitrogens with one attached hydrogen (secondary N) is 1. The Morgan fingerprint density at radius 1 is 1.50 bits per heavy atom. The van der Waals surface area contributed by atoms with Gasteiger partial charge in [-0.05, 0) is 18.8 Å². The molecule has 104 valence electrons. The Balaban J connectivity index is 2.19. The fourth-order valence-corrected chi connectivity index (χ4v) is 1.70. The molecule has 1 unspecified atom stereocenters. The number of hydrogen-bond acceptors (Lipinski definition) is 4. The molecule has 1 aliphatic carbocycles. The van der Waals surface area contributed by atoms with Gasteiger partial charge in [-0.25, -0.2) is 0 Å². The summed E-state index contributed by atoms with van der Waals surface area (Å²) in [6.45, 7) is 0.995. The van der Waals surface area contributed by atoms with Gasteiger partial charge in [0.05, 0.1) is 13.2 Å². The topological polar surface area (TPSA) is 84.7 Å². The van der Waals surface area contributed by atoms with E-state index in [9.17, 15) is 9.59 Å². The highest BCUT2D eigenvalue weighted by atomic mass is 16.5. The summed E-state index contributed by atoms with van der Waals surface area (Å²) < 4.78 is 4.82. The summed E-state index contributed by atoms with van der Waals surface area (Å²) in [5.41, 5.74) is 5.88. The van der Waals surface area contributed by atoms with Gasteiger partial charge in [0.2, 0.25) is 11.8 Å². The summed E-state index contributed by atoms with van der Waals surface area (Å²) in [4.78, 5) is 24.7. The number of nitrogens with two attached hydrogens (primary N) is 1. The van der Waals surface area contributed by atoms with Crippen LogP contribution in [0, 0.1) is 5.92 Å². The van der Waals surface area contributed by atoms with Gasteiger partial charge in [-0.1, -0.05) is 0 Å². The van der Waals surface area contributed by atoms with Crippen LogP contribution in [0.25, 0.3) is 0 Å². The molecule has 6 heteroatoms. The summed E-state index contributed by atoms with van der Waals surface area (Å²) in [6.07, 6.45) is 2.57. The second-order valence-electron chi connectivity index (χ2n) is 4.80. The van der Waals surface area contributed by atoms with E-state index in [0.717, 1.165) is 12.8 Å². The van der Waals surface area contributed by atoms with E-state index in [1.807, 2.05) is 0 Å². The third-order valence-corrected chi connectivity index (χ3v) is 3.07. The Hall–Kier alpha value is -1.14. The molecule has 6 nitrogen and oxygen atoms in total. The molecule has 2 amide bonds.